The molecule has 2 rings (SSSR count). The lowest BCUT2D eigenvalue weighted by Gasteiger charge is -2.21. The molecule has 21 heavy (non-hydrogen) atoms. The lowest BCUT2D eigenvalue weighted by molar-refractivity contribution is -0.130. The minimum absolute atomic E-state index is 0.159. The summed E-state index contributed by atoms with van der Waals surface area (Å²) in [6, 6.07) is 9.62. The number of nitrogens with zero attached hydrogens (tertiary/aromatic N) is 1. The zero-order chi connectivity index (χ0) is 15.2. The molecule has 4 heteroatoms. The third-order valence-electron chi connectivity index (χ3n) is 3.64. The highest BCUT2D eigenvalue weighted by Gasteiger charge is 2.37. The van der Waals surface area contributed by atoms with E-state index >= 15 is 0 Å². The molecule has 0 saturated carbocycles. The zero-order valence-electron chi connectivity index (χ0n) is 12.3. The van der Waals surface area contributed by atoms with Gasteiger partial charge in [-0.2, -0.15) is 0 Å². The molecule has 1 heterocycles. The maximum atomic E-state index is 12.3. The Balaban J connectivity index is 2.02. The third-order valence-corrected chi connectivity index (χ3v) is 3.64. The predicted molar refractivity (Wildman–Crippen MR) is 80.7 cm³/mol. The molecule has 4 nitrogen and oxygen atoms in total. The highest BCUT2D eigenvalue weighted by atomic mass is 16.6. The fourth-order valence-corrected chi connectivity index (χ4v) is 2.57. The molecule has 1 aliphatic heterocycles. The first kappa shape index (κ1) is 15.3. The van der Waals surface area contributed by atoms with Gasteiger partial charge in [-0.1, -0.05) is 43.3 Å². The van der Waals surface area contributed by atoms with E-state index in [9.17, 15) is 9.59 Å². The molecular formula is C17H21NO3. The van der Waals surface area contributed by atoms with E-state index in [0.717, 1.165) is 12.0 Å². The summed E-state index contributed by atoms with van der Waals surface area (Å²) in [5, 5.41) is 0. The SMILES string of the molecule is C=CCC(C)CC(=O)N1C(=O)OC[C@@H]1Cc1ccccc1. The zero-order valence-corrected chi connectivity index (χ0v) is 12.3. The minimum atomic E-state index is -0.522. The van der Waals surface area contributed by atoms with Gasteiger partial charge in [0.05, 0.1) is 6.04 Å². The van der Waals surface area contributed by atoms with Crippen molar-refractivity contribution in [3.8, 4) is 0 Å². The molecule has 1 aromatic rings. The van der Waals surface area contributed by atoms with E-state index in [4.69, 9.17) is 4.74 Å². The Morgan fingerprint density at radius 3 is 2.86 bits per heavy atom. The van der Waals surface area contributed by atoms with Gasteiger partial charge in [0.25, 0.3) is 0 Å². The van der Waals surface area contributed by atoms with Crippen molar-refractivity contribution >= 4 is 12.0 Å². The molecule has 1 fully saturated rings. The average molecular weight is 287 g/mol. The van der Waals surface area contributed by atoms with Gasteiger partial charge in [0.15, 0.2) is 0 Å². The van der Waals surface area contributed by atoms with Gasteiger partial charge in [0, 0.05) is 6.42 Å². The lowest BCUT2D eigenvalue weighted by atomic mass is 10.0. The van der Waals surface area contributed by atoms with Crippen molar-refractivity contribution in [2.45, 2.75) is 32.2 Å². The standard InChI is InChI=1S/C17H21NO3/c1-3-7-13(2)10-16(19)18-15(12-21-17(18)20)11-14-8-5-4-6-9-14/h3-6,8-9,13,15H,1,7,10-12H2,2H3/t13?,15-/m0/s1. The second-order valence-electron chi connectivity index (χ2n) is 5.52. The van der Waals surface area contributed by atoms with Crippen LogP contribution in [0.2, 0.25) is 0 Å². The van der Waals surface area contributed by atoms with E-state index in [-0.39, 0.29) is 24.5 Å². The number of imide groups is 1. The number of amides is 2. The van der Waals surface area contributed by atoms with Crippen molar-refractivity contribution in [1.29, 1.82) is 0 Å². The second-order valence-corrected chi connectivity index (χ2v) is 5.52. The van der Waals surface area contributed by atoms with E-state index in [0.29, 0.717) is 12.8 Å². The van der Waals surface area contributed by atoms with Crippen LogP contribution < -0.4 is 0 Å². The van der Waals surface area contributed by atoms with Crippen LogP contribution in [0.1, 0.15) is 25.3 Å². The van der Waals surface area contributed by atoms with Crippen LogP contribution in [0.25, 0.3) is 0 Å². The number of ether oxygens (including phenoxy) is 1. The minimum Gasteiger partial charge on any atom is -0.447 e. The highest BCUT2D eigenvalue weighted by Crippen LogP contribution is 2.20. The van der Waals surface area contributed by atoms with Gasteiger partial charge in [-0.05, 0) is 24.3 Å². The second kappa shape index (κ2) is 7.07. The van der Waals surface area contributed by atoms with Crippen LogP contribution in [-0.4, -0.2) is 29.5 Å². The van der Waals surface area contributed by atoms with Crippen LogP contribution >= 0.6 is 0 Å². The maximum Gasteiger partial charge on any atom is 0.416 e. The Morgan fingerprint density at radius 2 is 2.19 bits per heavy atom. The van der Waals surface area contributed by atoms with Crippen molar-refractivity contribution in [2.75, 3.05) is 6.61 Å². The van der Waals surface area contributed by atoms with Gasteiger partial charge >= 0.3 is 6.09 Å². The van der Waals surface area contributed by atoms with Crippen molar-refractivity contribution < 1.29 is 14.3 Å². The molecule has 1 aromatic carbocycles. The number of carbonyl (C=O) groups excluding carboxylic acids is 2. The first-order chi connectivity index (χ1) is 10.1. The molecule has 1 aliphatic rings. The Hall–Kier alpha value is -2.10. The molecule has 0 N–H and O–H groups in total. The highest BCUT2D eigenvalue weighted by molar-refractivity contribution is 5.93. The summed E-state index contributed by atoms with van der Waals surface area (Å²) < 4.78 is 5.06. The van der Waals surface area contributed by atoms with Crippen LogP contribution in [-0.2, 0) is 16.0 Å². The van der Waals surface area contributed by atoms with E-state index < -0.39 is 6.09 Å². The number of cyclic esters (lactones) is 1. The molecule has 1 unspecified atom stereocenters. The Kier molecular flexibility index (Phi) is 5.14. The van der Waals surface area contributed by atoms with E-state index in [1.807, 2.05) is 37.3 Å². The normalized spacial score (nSPS) is 19.2. The molecule has 112 valence electrons. The number of benzene rings is 1. The Bertz CT molecular complexity index is 512. The average Bonchev–Trinajstić information content (AvgIpc) is 2.81. The number of hydrogen-bond acceptors (Lipinski definition) is 3. The quantitative estimate of drug-likeness (QED) is 0.755. The summed E-state index contributed by atoms with van der Waals surface area (Å²) in [6.45, 7) is 5.93. The van der Waals surface area contributed by atoms with E-state index in [1.54, 1.807) is 6.08 Å². The molecule has 0 bridgehead atoms. The summed E-state index contributed by atoms with van der Waals surface area (Å²) >= 11 is 0. The summed E-state index contributed by atoms with van der Waals surface area (Å²) in [4.78, 5) is 25.4. The van der Waals surface area contributed by atoms with Crippen molar-refractivity contribution in [3.05, 3.63) is 48.6 Å². The van der Waals surface area contributed by atoms with E-state index in [2.05, 4.69) is 6.58 Å². The van der Waals surface area contributed by atoms with Gasteiger partial charge in [0.2, 0.25) is 5.91 Å². The first-order valence-electron chi connectivity index (χ1n) is 7.25. The molecule has 2 amide bonds. The molecule has 2 atom stereocenters. The number of carbonyl (C=O) groups is 2. The number of allylic oxidation sites excluding steroid dienone is 1. The molecule has 0 aliphatic carbocycles. The molecule has 0 radical (unpaired) electrons. The van der Waals surface area contributed by atoms with Crippen LogP contribution in [0.15, 0.2) is 43.0 Å². The topological polar surface area (TPSA) is 46.6 Å². The Labute approximate surface area is 125 Å². The van der Waals surface area contributed by atoms with Gasteiger partial charge in [0.1, 0.15) is 6.61 Å². The molecule has 0 spiro atoms. The fourth-order valence-electron chi connectivity index (χ4n) is 2.57. The largest absolute Gasteiger partial charge is 0.447 e. The van der Waals surface area contributed by atoms with Crippen molar-refractivity contribution in [1.82, 2.24) is 4.90 Å². The monoisotopic (exact) mass is 287 g/mol. The number of rotatable bonds is 6. The fraction of sp³-hybridized carbons (Fsp3) is 0.412. The van der Waals surface area contributed by atoms with Gasteiger partial charge in [-0.15, -0.1) is 6.58 Å². The lowest BCUT2D eigenvalue weighted by Crippen LogP contribution is -2.40. The molecule has 0 aromatic heterocycles. The summed E-state index contributed by atoms with van der Waals surface area (Å²) in [5.41, 5.74) is 1.10. The number of hydrogen-bond donors (Lipinski definition) is 0. The van der Waals surface area contributed by atoms with Crippen molar-refractivity contribution in [2.24, 2.45) is 5.92 Å². The van der Waals surface area contributed by atoms with Gasteiger partial charge in [-0.3, -0.25) is 4.79 Å². The maximum absolute atomic E-state index is 12.3. The summed E-state index contributed by atoms with van der Waals surface area (Å²) in [7, 11) is 0. The van der Waals surface area contributed by atoms with Crippen LogP contribution in [0.4, 0.5) is 4.79 Å². The Morgan fingerprint density at radius 1 is 1.48 bits per heavy atom. The van der Waals surface area contributed by atoms with Gasteiger partial charge in [-0.25, -0.2) is 9.69 Å². The smallest absolute Gasteiger partial charge is 0.416 e. The van der Waals surface area contributed by atoms with Crippen LogP contribution in [0.5, 0.6) is 0 Å². The molecular weight excluding hydrogens is 266 g/mol. The van der Waals surface area contributed by atoms with E-state index in [1.165, 1.54) is 4.90 Å². The first-order valence-corrected chi connectivity index (χ1v) is 7.25. The van der Waals surface area contributed by atoms with Crippen LogP contribution in [0, 0.1) is 5.92 Å². The summed E-state index contributed by atoms with van der Waals surface area (Å²) in [6.07, 6.45) is 3.01. The molecule has 1 saturated heterocycles. The van der Waals surface area contributed by atoms with Gasteiger partial charge < -0.3 is 4.74 Å². The predicted octanol–water partition coefficient (Wildman–Crippen LogP) is 3.18. The summed E-state index contributed by atoms with van der Waals surface area (Å²) in [5.74, 6) is 0.0218. The van der Waals surface area contributed by atoms with Crippen LogP contribution in [0.3, 0.4) is 0 Å². The third kappa shape index (κ3) is 3.94. The van der Waals surface area contributed by atoms with Crippen molar-refractivity contribution in [3.63, 3.8) is 0 Å².